The van der Waals surface area contributed by atoms with Gasteiger partial charge in [0.05, 0.1) is 4.92 Å². The quantitative estimate of drug-likeness (QED) is 0.374. The van der Waals surface area contributed by atoms with Crippen LogP contribution in [-0.2, 0) is 4.79 Å². The van der Waals surface area contributed by atoms with Crippen LogP contribution in [0.3, 0.4) is 0 Å². The van der Waals surface area contributed by atoms with Crippen molar-refractivity contribution in [3.05, 3.63) is 68.2 Å². The Balaban J connectivity index is 1.85. The molecule has 9 nitrogen and oxygen atoms in total. The lowest BCUT2D eigenvalue weighted by Crippen LogP contribution is -2.49. The highest BCUT2D eigenvalue weighted by Crippen LogP contribution is 2.25. The summed E-state index contributed by atoms with van der Waals surface area (Å²) in [5, 5.41) is 12.9. The zero-order valence-corrected chi connectivity index (χ0v) is 17.0. The molecule has 0 aliphatic carbocycles. The van der Waals surface area contributed by atoms with Gasteiger partial charge in [0.25, 0.3) is 17.5 Å². The van der Waals surface area contributed by atoms with Gasteiger partial charge in [-0.25, -0.2) is 0 Å². The van der Waals surface area contributed by atoms with Crippen LogP contribution < -0.4 is 20.9 Å². The van der Waals surface area contributed by atoms with E-state index >= 15 is 0 Å². The molecular formula is C18H17ClN4O5S. The second kappa shape index (κ2) is 9.80. The number of nitrogens with zero attached hydrogens (tertiary/aromatic N) is 1. The molecule has 0 heterocycles. The van der Waals surface area contributed by atoms with E-state index in [0.29, 0.717) is 5.75 Å². The van der Waals surface area contributed by atoms with E-state index in [0.717, 1.165) is 17.2 Å². The van der Waals surface area contributed by atoms with Crippen molar-refractivity contribution in [1.29, 1.82) is 0 Å². The van der Waals surface area contributed by atoms with Crippen molar-refractivity contribution in [2.75, 3.05) is 6.61 Å². The van der Waals surface area contributed by atoms with E-state index in [4.69, 9.17) is 28.6 Å². The summed E-state index contributed by atoms with van der Waals surface area (Å²) >= 11 is 10.6. The van der Waals surface area contributed by atoms with Gasteiger partial charge in [-0.2, -0.15) is 0 Å². The number of para-hydroxylation sites is 1. The lowest BCUT2D eigenvalue weighted by Gasteiger charge is -2.13. The van der Waals surface area contributed by atoms with Gasteiger partial charge in [-0.15, -0.1) is 0 Å². The highest BCUT2D eigenvalue weighted by Gasteiger charge is 2.17. The average molecular weight is 437 g/mol. The fraction of sp³-hybridized carbons (Fsp3) is 0.167. The first kappa shape index (κ1) is 22.1. The fourth-order valence-electron chi connectivity index (χ4n) is 2.33. The smallest absolute Gasteiger partial charge is 0.288 e. The lowest BCUT2D eigenvalue weighted by molar-refractivity contribution is -0.384. The van der Waals surface area contributed by atoms with Gasteiger partial charge in [0.15, 0.2) is 11.7 Å². The zero-order chi connectivity index (χ0) is 21.6. The third kappa shape index (κ3) is 6.13. The van der Waals surface area contributed by atoms with Crippen molar-refractivity contribution in [2.24, 2.45) is 0 Å². The molecule has 2 rings (SSSR count). The predicted octanol–water partition coefficient (Wildman–Crippen LogP) is 2.58. The Labute approximate surface area is 176 Å². The number of nitro groups is 1. The van der Waals surface area contributed by atoms with Crippen LogP contribution in [0.1, 0.15) is 21.5 Å². The molecule has 0 bridgehead atoms. The number of nitrogens with one attached hydrogen (secondary N) is 3. The second-order valence-electron chi connectivity index (χ2n) is 5.89. The predicted molar refractivity (Wildman–Crippen MR) is 111 cm³/mol. The van der Waals surface area contributed by atoms with E-state index in [-0.39, 0.29) is 22.3 Å². The number of amides is 2. The number of halogens is 1. The maximum atomic E-state index is 12.1. The molecule has 0 aliphatic heterocycles. The van der Waals surface area contributed by atoms with Gasteiger partial charge < -0.3 is 4.74 Å². The van der Waals surface area contributed by atoms with Crippen molar-refractivity contribution in [3.8, 4) is 5.75 Å². The van der Waals surface area contributed by atoms with Crippen molar-refractivity contribution in [1.82, 2.24) is 16.2 Å². The number of hydrogen-bond donors (Lipinski definition) is 3. The summed E-state index contributed by atoms with van der Waals surface area (Å²) in [6.45, 7) is 3.47. The first-order chi connectivity index (χ1) is 13.7. The maximum absolute atomic E-state index is 12.1. The maximum Gasteiger partial charge on any atom is 0.288 e. The number of rotatable bonds is 5. The number of carbonyl (C=O) groups excluding carboxylic acids is 2. The Morgan fingerprint density at radius 2 is 1.83 bits per heavy atom. The number of nitro benzene ring substituents is 1. The molecule has 0 radical (unpaired) electrons. The van der Waals surface area contributed by atoms with Crippen molar-refractivity contribution in [2.45, 2.75) is 13.8 Å². The molecule has 2 aromatic carbocycles. The van der Waals surface area contributed by atoms with Crippen LogP contribution in [-0.4, -0.2) is 28.5 Å². The summed E-state index contributed by atoms with van der Waals surface area (Å²) < 4.78 is 5.50. The molecule has 3 N–H and O–H groups in total. The molecule has 152 valence electrons. The topological polar surface area (TPSA) is 123 Å². The van der Waals surface area contributed by atoms with Crippen LogP contribution in [0, 0.1) is 24.0 Å². The number of thiocarbonyl (C=S) groups is 1. The highest BCUT2D eigenvalue weighted by atomic mass is 35.5. The average Bonchev–Trinajstić information content (AvgIpc) is 2.66. The van der Waals surface area contributed by atoms with Gasteiger partial charge in [-0.1, -0.05) is 29.8 Å². The largest absolute Gasteiger partial charge is 0.483 e. The summed E-state index contributed by atoms with van der Waals surface area (Å²) in [5.41, 5.74) is 6.01. The molecule has 0 saturated carbocycles. The normalized spacial score (nSPS) is 10.0. The third-order valence-corrected chi connectivity index (χ3v) is 4.23. The monoisotopic (exact) mass is 436 g/mol. The van der Waals surface area contributed by atoms with E-state index in [1.165, 1.54) is 12.1 Å². The van der Waals surface area contributed by atoms with Gasteiger partial charge in [-0.05, 0) is 49.3 Å². The molecule has 0 fully saturated rings. The van der Waals surface area contributed by atoms with Crippen molar-refractivity contribution >= 4 is 46.4 Å². The molecule has 29 heavy (non-hydrogen) atoms. The number of benzene rings is 2. The van der Waals surface area contributed by atoms with E-state index in [2.05, 4.69) is 16.2 Å². The molecule has 0 atom stereocenters. The van der Waals surface area contributed by atoms with E-state index in [1.807, 2.05) is 32.0 Å². The number of carbonyl (C=O) groups is 2. The third-order valence-electron chi connectivity index (χ3n) is 3.70. The van der Waals surface area contributed by atoms with Crippen LogP contribution in [0.15, 0.2) is 36.4 Å². The van der Waals surface area contributed by atoms with Crippen LogP contribution in [0.2, 0.25) is 5.02 Å². The van der Waals surface area contributed by atoms with Crippen molar-refractivity contribution in [3.63, 3.8) is 0 Å². The number of aryl methyl sites for hydroxylation is 2. The zero-order valence-electron chi connectivity index (χ0n) is 15.4. The molecule has 2 aromatic rings. The minimum absolute atomic E-state index is 0.0186. The Morgan fingerprint density at radius 3 is 2.45 bits per heavy atom. The molecule has 0 aliphatic rings. The molecule has 11 heteroatoms. The molecule has 0 spiro atoms. The van der Waals surface area contributed by atoms with Crippen LogP contribution in [0.5, 0.6) is 5.75 Å². The minimum atomic E-state index is -0.705. The van der Waals surface area contributed by atoms with Crippen LogP contribution in [0.25, 0.3) is 0 Å². The lowest BCUT2D eigenvalue weighted by atomic mass is 10.1. The minimum Gasteiger partial charge on any atom is -0.483 e. The molecular weight excluding hydrogens is 420 g/mol. The molecule has 0 saturated heterocycles. The fourth-order valence-corrected chi connectivity index (χ4v) is 2.66. The van der Waals surface area contributed by atoms with Crippen molar-refractivity contribution < 1.29 is 19.2 Å². The molecule has 0 aromatic heterocycles. The summed E-state index contributed by atoms with van der Waals surface area (Å²) in [6.07, 6.45) is 0. The Bertz CT molecular complexity index is 962. The highest BCUT2D eigenvalue weighted by molar-refractivity contribution is 7.80. The van der Waals surface area contributed by atoms with Gasteiger partial charge in [0, 0.05) is 11.6 Å². The standard InChI is InChI=1S/C18H17ClN4O5S/c1-10-4-3-5-11(2)16(10)28-9-15(24)21-22-18(29)20-17(25)12-6-7-13(19)14(8-12)23(26)27/h3-8H,9H2,1-2H3,(H,21,24)(H2,20,22,25,29). The Hall–Kier alpha value is -3.24. The number of ether oxygens (including phenoxy) is 1. The van der Waals surface area contributed by atoms with Crippen LogP contribution >= 0.6 is 23.8 Å². The summed E-state index contributed by atoms with van der Waals surface area (Å²) in [7, 11) is 0. The Morgan fingerprint density at radius 1 is 1.17 bits per heavy atom. The summed E-state index contributed by atoms with van der Waals surface area (Å²) in [5.74, 6) is -0.613. The van der Waals surface area contributed by atoms with E-state index in [1.54, 1.807) is 0 Å². The van der Waals surface area contributed by atoms with Gasteiger partial charge >= 0.3 is 0 Å². The van der Waals surface area contributed by atoms with Gasteiger partial charge in [0.2, 0.25) is 0 Å². The second-order valence-corrected chi connectivity index (χ2v) is 6.70. The van der Waals surface area contributed by atoms with Gasteiger partial charge in [0.1, 0.15) is 10.8 Å². The molecule has 0 unspecified atom stereocenters. The first-order valence-corrected chi connectivity index (χ1v) is 9.00. The molecule has 2 amide bonds. The first-order valence-electron chi connectivity index (χ1n) is 8.22. The van der Waals surface area contributed by atoms with E-state index < -0.39 is 22.4 Å². The summed E-state index contributed by atoms with van der Waals surface area (Å²) in [6, 6.07) is 9.18. The Kier molecular flexibility index (Phi) is 7.46. The number of hydrazine groups is 1. The van der Waals surface area contributed by atoms with Gasteiger partial charge in [-0.3, -0.25) is 35.9 Å². The SMILES string of the molecule is Cc1cccc(C)c1OCC(=O)NNC(=S)NC(=O)c1ccc(Cl)c([N+](=O)[O-])c1. The number of hydrogen-bond acceptors (Lipinski definition) is 6. The van der Waals surface area contributed by atoms with Crippen LogP contribution in [0.4, 0.5) is 5.69 Å². The van der Waals surface area contributed by atoms with E-state index in [9.17, 15) is 19.7 Å². The summed E-state index contributed by atoms with van der Waals surface area (Å²) in [4.78, 5) is 34.2.